The number of fused-ring (bicyclic) bond motifs is 1. The lowest BCUT2D eigenvalue weighted by Crippen LogP contribution is -2.47. The van der Waals surface area contributed by atoms with Gasteiger partial charge in [-0.25, -0.2) is 9.59 Å². The summed E-state index contributed by atoms with van der Waals surface area (Å²) in [4.78, 5) is 39.4. The van der Waals surface area contributed by atoms with Crippen LogP contribution in [0.25, 0.3) is 11.1 Å². The molecule has 33 heavy (non-hydrogen) atoms. The normalized spacial score (nSPS) is 12.2. The molecule has 2 N–H and O–H groups in total. The maximum absolute atomic E-state index is 12.9. The van der Waals surface area contributed by atoms with Crippen LogP contribution < -0.4 is 16.4 Å². The number of hydrogen-bond acceptors (Lipinski definition) is 6. The predicted molar refractivity (Wildman–Crippen MR) is 126 cm³/mol. The molecule has 3 rings (SSSR count). The van der Waals surface area contributed by atoms with Crippen LogP contribution in [0.1, 0.15) is 19.4 Å². The summed E-state index contributed by atoms with van der Waals surface area (Å²) < 4.78 is 12.1. The van der Waals surface area contributed by atoms with Crippen LogP contribution in [0.15, 0.2) is 57.7 Å². The first-order valence-electron chi connectivity index (χ1n) is 10.8. The van der Waals surface area contributed by atoms with Crippen molar-refractivity contribution in [3.63, 3.8) is 0 Å². The molecular formula is C24H30N4O5. The topological polar surface area (TPSA) is 106 Å². The van der Waals surface area contributed by atoms with Crippen molar-refractivity contribution < 1.29 is 18.7 Å². The van der Waals surface area contributed by atoms with E-state index in [2.05, 4.69) is 10.6 Å². The number of carbonyl (C=O) groups excluding carboxylic acids is 2. The van der Waals surface area contributed by atoms with E-state index in [-0.39, 0.29) is 18.4 Å². The van der Waals surface area contributed by atoms with E-state index in [1.807, 2.05) is 63.2 Å². The molecule has 0 aliphatic heterocycles. The first-order valence-corrected chi connectivity index (χ1v) is 10.8. The van der Waals surface area contributed by atoms with E-state index in [0.717, 1.165) is 5.56 Å². The predicted octanol–water partition coefficient (Wildman–Crippen LogP) is 3.05. The van der Waals surface area contributed by atoms with Gasteiger partial charge in [0, 0.05) is 18.8 Å². The zero-order valence-corrected chi connectivity index (χ0v) is 19.3. The molecule has 176 valence electrons. The van der Waals surface area contributed by atoms with Gasteiger partial charge < -0.3 is 24.7 Å². The standard InChI is InChI=1S/C24H30N4O5/c1-16(2)21(26-23(30)32-15-17-8-6-5-7-9-17)22(29)25-18-10-11-20-19(14-18)28(24(31)33-20)13-12-27(3)4/h5-11,14,16,21H,12-13,15H2,1-4H3,(H,25,29)(H,26,30)/t21-/m0/s1. The second kappa shape index (κ2) is 10.8. The monoisotopic (exact) mass is 454 g/mol. The fraction of sp³-hybridized carbons (Fsp3) is 0.375. The molecule has 3 aromatic rings. The van der Waals surface area contributed by atoms with Gasteiger partial charge in [-0.05, 0) is 43.8 Å². The number of hydrogen-bond donors (Lipinski definition) is 2. The van der Waals surface area contributed by atoms with Crippen molar-refractivity contribution in [2.75, 3.05) is 26.0 Å². The largest absolute Gasteiger partial charge is 0.445 e. The van der Waals surface area contributed by atoms with Gasteiger partial charge in [-0.3, -0.25) is 9.36 Å². The molecule has 0 aliphatic carbocycles. The molecule has 1 atom stereocenters. The van der Waals surface area contributed by atoms with E-state index in [1.54, 1.807) is 18.2 Å². The number of likely N-dealkylation sites (N-methyl/N-ethyl adjacent to an activating group) is 1. The van der Waals surface area contributed by atoms with E-state index in [4.69, 9.17) is 9.15 Å². The molecule has 0 spiro atoms. The van der Waals surface area contributed by atoms with Crippen LogP contribution in [-0.2, 0) is 22.7 Å². The Labute approximate surface area is 192 Å². The van der Waals surface area contributed by atoms with Crippen LogP contribution in [0.3, 0.4) is 0 Å². The van der Waals surface area contributed by atoms with Crippen molar-refractivity contribution in [2.24, 2.45) is 5.92 Å². The van der Waals surface area contributed by atoms with Crippen molar-refractivity contribution in [1.82, 2.24) is 14.8 Å². The van der Waals surface area contributed by atoms with E-state index in [0.29, 0.717) is 29.9 Å². The molecule has 0 bridgehead atoms. The molecule has 0 radical (unpaired) electrons. The first-order chi connectivity index (χ1) is 15.7. The van der Waals surface area contributed by atoms with Gasteiger partial charge >= 0.3 is 11.8 Å². The van der Waals surface area contributed by atoms with Crippen molar-refractivity contribution in [1.29, 1.82) is 0 Å². The highest BCUT2D eigenvalue weighted by atomic mass is 16.5. The van der Waals surface area contributed by atoms with Crippen LogP contribution in [0.4, 0.5) is 10.5 Å². The molecule has 0 aliphatic rings. The van der Waals surface area contributed by atoms with Gasteiger partial charge in [0.2, 0.25) is 5.91 Å². The second-order valence-electron chi connectivity index (χ2n) is 8.42. The molecule has 2 amide bonds. The van der Waals surface area contributed by atoms with E-state index in [1.165, 1.54) is 4.57 Å². The Bertz CT molecular complexity index is 1150. The lowest BCUT2D eigenvalue weighted by atomic mass is 10.0. The Morgan fingerprint density at radius 3 is 2.52 bits per heavy atom. The summed E-state index contributed by atoms with van der Waals surface area (Å²) in [6.45, 7) is 4.90. The van der Waals surface area contributed by atoms with Gasteiger partial charge in [0.25, 0.3) is 0 Å². The van der Waals surface area contributed by atoms with Crippen molar-refractivity contribution in [3.8, 4) is 0 Å². The number of anilines is 1. The number of aromatic nitrogens is 1. The van der Waals surface area contributed by atoms with Crippen LogP contribution in [-0.4, -0.2) is 48.1 Å². The summed E-state index contributed by atoms with van der Waals surface area (Å²) in [6, 6.07) is 13.5. The third kappa shape index (κ3) is 6.45. The molecule has 0 fully saturated rings. The molecule has 9 nitrogen and oxygen atoms in total. The zero-order valence-electron chi connectivity index (χ0n) is 19.3. The summed E-state index contributed by atoms with van der Waals surface area (Å²) in [5.41, 5.74) is 2.39. The highest BCUT2D eigenvalue weighted by Gasteiger charge is 2.25. The molecule has 0 unspecified atom stereocenters. The summed E-state index contributed by atoms with van der Waals surface area (Å²) >= 11 is 0. The quantitative estimate of drug-likeness (QED) is 0.515. The number of rotatable bonds is 9. The van der Waals surface area contributed by atoms with E-state index in [9.17, 15) is 14.4 Å². The minimum Gasteiger partial charge on any atom is -0.445 e. The fourth-order valence-electron chi connectivity index (χ4n) is 3.30. The van der Waals surface area contributed by atoms with E-state index >= 15 is 0 Å². The van der Waals surface area contributed by atoms with Crippen molar-refractivity contribution in [2.45, 2.75) is 33.0 Å². The number of oxazole rings is 1. The molecule has 1 aromatic heterocycles. The van der Waals surface area contributed by atoms with Gasteiger partial charge in [-0.2, -0.15) is 0 Å². The summed E-state index contributed by atoms with van der Waals surface area (Å²) in [5.74, 6) is -1.00. The Morgan fingerprint density at radius 1 is 1.12 bits per heavy atom. The summed E-state index contributed by atoms with van der Waals surface area (Å²) in [6.07, 6.45) is -0.671. The fourth-order valence-corrected chi connectivity index (χ4v) is 3.30. The minimum atomic E-state index is -0.802. The molecule has 9 heteroatoms. The summed E-state index contributed by atoms with van der Waals surface area (Å²) in [7, 11) is 3.84. The average molecular weight is 455 g/mol. The maximum Gasteiger partial charge on any atom is 0.419 e. The van der Waals surface area contributed by atoms with Crippen LogP contribution in [0.5, 0.6) is 0 Å². The smallest absolute Gasteiger partial charge is 0.419 e. The Hall–Kier alpha value is -3.59. The van der Waals surface area contributed by atoms with Gasteiger partial charge in [-0.1, -0.05) is 44.2 Å². The highest BCUT2D eigenvalue weighted by Crippen LogP contribution is 2.19. The van der Waals surface area contributed by atoms with E-state index < -0.39 is 17.9 Å². The third-order valence-electron chi connectivity index (χ3n) is 5.14. The SMILES string of the molecule is CC(C)[C@H](NC(=O)OCc1ccccc1)C(=O)Nc1ccc2oc(=O)n(CCN(C)C)c2c1. The second-order valence-corrected chi connectivity index (χ2v) is 8.42. The van der Waals surface area contributed by atoms with Crippen LogP contribution in [0.2, 0.25) is 0 Å². The number of amides is 2. The maximum atomic E-state index is 12.9. The van der Waals surface area contributed by atoms with Gasteiger partial charge in [0.05, 0.1) is 5.52 Å². The van der Waals surface area contributed by atoms with Gasteiger partial charge in [0.1, 0.15) is 12.6 Å². The Morgan fingerprint density at radius 2 is 1.85 bits per heavy atom. The first kappa shape index (κ1) is 24.1. The number of carbonyl (C=O) groups is 2. The number of nitrogens with zero attached hydrogens (tertiary/aromatic N) is 2. The molecular weight excluding hydrogens is 424 g/mol. The minimum absolute atomic E-state index is 0.112. The third-order valence-corrected chi connectivity index (χ3v) is 5.14. The Balaban J connectivity index is 1.68. The lowest BCUT2D eigenvalue weighted by Gasteiger charge is -2.21. The number of benzene rings is 2. The summed E-state index contributed by atoms with van der Waals surface area (Å²) in [5, 5.41) is 5.46. The lowest BCUT2D eigenvalue weighted by molar-refractivity contribution is -0.119. The van der Waals surface area contributed by atoms with Crippen LogP contribution in [0, 0.1) is 5.92 Å². The highest BCUT2D eigenvalue weighted by molar-refractivity contribution is 5.98. The Kier molecular flexibility index (Phi) is 7.89. The van der Waals surface area contributed by atoms with Gasteiger partial charge in [0.15, 0.2) is 5.58 Å². The zero-order chi connectivity index (χ0) is 24.0. The average Bonchev–Trinajstić information content (AvgIpc) is 3.09. The molecule has 1 heterocycles. The number of ether oxygens (including phenoxy) is 1. The van der Waals surface area contributed by atoms with Crippen molar-refractivity contribution in [3.05, 3.63) is 64.6 Å². The molecule has 0 saturated heterocycles. The molecule has 0 saturated carbocycles. The van der Waals surface area contributed by atoms with Crippen LogP contribution >= 0.6 is 0 Å². The van der Waals surface area contributed by atoms with Gasteiger partial charge in [-0.15, -0.1) is 0 Å². The number of nitrogens with one attached hydrogen (secondary N) is 2. The number of alkyl carbamates (subject to hydrolysis) is 1. The molecule has 2 aromatic carbocycles. The van der Waals surface area contributed by atoms with Crippen molar-refractivity contribution >= 4 is 28.8 Å².